The van der Waals surface area contributed by atoms with Gasteiger partial charge in [-0.1, -0.05) is 49.7 Å². The van der Waals surface area contributed by atoms with Gasteiger partial charge in [0.25, 0.3) is 0 Å². The first-order valence-corrected chi connectivity index (χ1v) is 8.39. The third-order valence-corrected chi connectivity index (χ3v) is 4.42. The maximum Gasteiger partial charge on any atom is 0.419 e. The number of hydrogen-bond acceptors (Lipinski definition) is 0. The summed E-state index contributed by atoms with van der Waals surface area (Å²) in [6, 6.07) is 11.1. The van der Waals surface area contributed by atoms with E-state index in [2.05, 4.69) is 6.92 Å². The second kappa shape index (κ2) is 7.06. The number of fused-ring (bicyclic) bond motifs is 1. The Balaban J connectivity index is 2.03. The fourth-order valence-corrected chi connectivity index (χ4v) is 3.01. The quantitative estimate of drug-likeness (QED) is 0.431. The Labute approximate surface area is 148 Å². The molecule has 136 valence electrons. The summed E-state index contributed by atoms with van der Waals surface area (Å²) < 4.78 is 66.7. The maximum absolute atomic E-state index is 14.9. The van der Waals surface area contributed by atoms with E-state index in [9.17, 15) is 22.0 Å². The highest BCUT2D eigenvalue weighted by molar-refractivity contribution is 5.88. The second-order valence-electron chi connectivity index (χ2n) is 6.28. The van der Waals surface area contributed by atoms with E-state index in [1.165, 1.54) is 6.07 Å². The van der Waals surface area contributed by atoms with Crippen LogP contribution in [0.25, 0.3) is 21.9 Å². The minimum absolute atomic E-state index is 0.0740. The van der Waals surface area contributed by atoms with E-state index in [1.54, 1.807) is 12.1 Å². The summed E-state index contributed by atoms with van der Waals surface area (Å²) in [5.41, 5.74) is -0.105. The first-order chi connectivity index (χ1) is 12.3. The van der Waals surface area contributed by atoms with Gasteiger partial charge in [-0.25, -0.2) is 8.78 Å². The molecule has 0 unspecified atom stereocenters. The number of aryl methyl sites for hydroxylation is 1. The van der Waals surface area contributed by atoms with Gasteiger partial charge in [0.1, 0.15) is 11.6 Å². The molecular formula is C21H17F5. The van der Waals surface area contributed by atoms with Crippen molar-refractivity contribution in [3.8, 4) is 11.1 Å². The van der Waals surface area contributed by atoms with E-state index in [1.807, 2.05) is 12.1 Å². The molecule has 0 aromatic heterocycles. The van der Waals surface area contributed by atoms with Crippen LogP contribution in [0.2, 0.25) is 0 Å². The van der Waals surface area contributed by atoms with Crippen LogP contribution < -0.4 is 0 Å². The number of benzene rings is 3. The van der Waals surface area contributed by atoms with Crippen molar-refractivity contribution in [2.45, 2.75) is 32.4 Å². The van der Waals surface area contributed by atoms with Crippen molar-refractivity contribution in [3.63, 3.8) is 0 Å². The zero-order chi connectivity index (χ0) is 18.9. The molecule has 0 heterocycles. The van der Waals surface area contributed by atoms with Gasteiger partial charge < -0.3 is 0 Å². The van der Waals surface area contributed by atoms with Gasteiger partial charge >= 0.3 is 6.18 Å². The molecule has 0 amide bonds. The Morgan fingerprint density at radius 3 is 2.31 bits per heavy atom. The van der Waals surface area contributed by atoms with Crippen molar-refractivity contribution in [1.82, 2.24) is 0 Å². The van der Waals surface area contributed by atoms with Crippen molar-refractivity contribution in [1.29, 1.82) is 0 Å². The van der Waals surface area contributed by atoms with Crippen LogP contribution in [0.3, 0.4) is 0 Å². The Kier molecular flexibility index (Phi) is 4.99. The monoisotopic (exact) mass is 364 g/mol. The van der Waals surface area contributed by atoms with Gasteiger partial charge in [-0.15, -0.1) is 0 Å². The Hall–Kier alpha value is -2.43. The van der Waals surface area contributed by atoms with Crippen LogP contribution in [0.5, 0.6) is 0 Å². The molecule has 5 heteroatoms. The van der Waals surface area contributed by atoms with Crippen LogP contribution in [0.4, 0.5) is 22.0 Å². The summed E-state index contributed by atoms with van der Waals surface area (Å²) in [5, 5.41) is 1.08. The Morgan fingerprint density at radius 2 is 1.65 bits per heavy atom. The summed E-state index contributed by atoms with van der Waals surface area (Å²) in [4.78, 5) is 0. The lowest BCUT2D eigenvalue weighted by atomic mass is 9.97. The molecule has 0 saturated carbocycles. The first kappa shape index (κ1) is 18.4. The average Bonchev–Trinajstić information content (AvgIpc) is 2.59. The summed E-state index contributed by atoms with van der Waals surface area (Å²) in [6.07, 6.45) is -1.78. The molecule has 0 aliphatic heterocycles. The van der Waals surface area contributed by atoms with Crippen LogP contribution >= 0.6 is 0 Å². The van der Waals surface area contributed by atoms with E-state index in [0.29, 0.717) is 16.8 Å². The molecule has 3 rings (SSSR count). The third-order valence-electron chi connectivity index (χ3n) is 4.42. The van der Waals surface area contributed by atoms with Crippen LogP contribution in [0, 0.1) is 11.6 Å². The number of hydrogen-bond donors (Lipinski definition) is 0. The smallest absolute Gasteiger partial charge is 0.206 e. The van der Waals surface area contributed by atoms with Crippen molar-refractivity contribution >= 4 is 10.8 Å². The SMILES string of the molecule is CCCCc1ccc2c(F)c(-c3ccc(C(F)(F)F)c(F)c3)ccc2c1. The first-order valence-electron chi connectivity index (χ1n) is 8.39. The van der Waals surface area contributed by atoms with Gasteiger partial charge in [0, 0.05) is 10.9 Å². The van der Waals surface area contributed by atoms with Gasteiger partial charge in [0.2, 0.25) is 0 Å². The molecule has 26 heavy (non-hydrogen) atoms. The molecule has 0 aliphatic carbocycles. The number of halogens is 5. The fraction of sp³-hybridized carbons (Fsp3) is 0.238. The van der Waals surface area contributed by atoms with Crippen LogP contribution in [0.1, 0.15) is 30.9 Å². The van der Waals surface area contributed by atoms with E-state index < -0.39 is 23.4 Å². The largest absolute Gasteiger partial charge is 0.419 e. The van der Waals surface area contributed by atoms with Crippen molar-refractivity contribution in [3.05, 3.63) is 71.3 Å². The predicted molar refractivity (Wildman–Crippen MR) is 92.9 cm³/mol. The van der Waals surface area contributed by atoms with Crippen LogP contribution in [-0.2, 0) is 12.6 Å². The van der Waals surface area contributed by atoms with E-state index in [-0.39, 0.29) is 11.1 Å². The topological polar surface area (TPSA) is 0 Å². The lowest BCUT2D eigenvalue weighted by Gasteiger charge is -2.11. The highest BCUT2D eigenvalue weighted by atomic mass is 19.4. The average molecular weight is 364 g/mol. The Bertz CT molecular complexity index is 941. The molecule has 0 nitrogen and oxygen atoms in total. The van der Waals surface area contributed by atoms with Crippen LogP contribution in [-0.4, -0.2) is 0 Å². The normalized spacial score (nSPS) is 11.9. The van der Waals surface area contributed by atoms with Gasteiger partial charge in [-0.2, -0.15) is 13.2 Å². The van der Waals surface area contributed by atoms with Crippen molar-refractivity contribution in [2.75, 3.05) is 0 Å². The van der Waals surface area contributed by atoms with Gasteiger partial charge in [-0.3, -0.25) is 0 Å². The number of rotatable bonds is 4. The standard InChI is InChI=1S/C21H17F5/c1-2-3-4-13-5-8-16-14(11-13)6-9-17(20(16)23)15-7-10-18(19(22)12-15)21(24,25)26/h5-12H,2-4H2,1H3. The summed E-state index contributed by atoms with van der Waals surface area (Å²) in [7, 11) is 0. The molecule has 0 bridgehead atoms. The second-order valence-corrected chi connectivity index (χ2v) is 6.28. The van der Waals surface area contributed by atoms with Gasteiger partial charge in [-0.05, 0) is 41.5 Å². The summed E-state index contributed by atoms with van der Waals surface area (Å²) in [6.45, 7) is 2.09. The Morgan fingerprint density at radius 1 is 0.885 bits per heavy atom. The van der Waals surface area contributed by atoms with Gasteiger partial charge in [0.05, 0.1) is 5.56 Å². The molecule has 3 aromatic rings. The molecule has 3 aromatic carbocycles. The summed E-state index contributed by atoms with van der Waals surface area (Å²) in [5.74, 6) is -1.98. The lowest BCUT2D eigenvalue weighted by molar-refractivity contribution is -0.139. The minimum Gasteiger partial charge on any atom is -0.206 e. The maximum atomic E-state index is 14.9. The zero-order valence-electron chi connectivity index (χ0n) is 14.1. The minimum atomic E-state index is -4.78. The van der Waals surface area contributed by atoms with Crippen molar-refractivity contribution < 1.29 is 22.0 Å². The molecule has 0 spiro atoms. The van der Waals surface area contributed by atoms with E-state index in [0.717, 1.165) is 37.0 Å². The van der Waals surface area contributed by atoms with Crippen LogP contribution in [0.15, 0.2) is 48.5 Å². The molecule has 0 saturated heterocycles. The fourth-order valence-electron chi connectivity index (χ4n) is 3.01. The molecule has 0 atom stereocenters. The highest BCUT2D eigenvalue weighted by Crippen LogP contribution is 2.35. The molecule has 0 aliphatic rings. The molecule has 0 N–H and O–H groups in total. The molecular weight excluding hydrogens is 347 g/mol. The highest BCUT2D eigenvalue weighted by Gasteiger charge is 2.34. The van der Waals surface area contributed by atoms with E-state index >= 15 is 0 Å². The van der Waals surface area contributed by atoms with Gasteiger partial charge in [0.15, 0.2) is 0 Å². The van der Waals surface area contributed by atoms with Crippen molar-refractivity contribution in [2.24, 2.45) is 0 Å². The number of alkyl halides is 3. The summed E-state index contributed by atoms with van der Waals surface area (Å²) >= 11 is 0. The molecule has 0 fully saturated rings. The number of unbranched alkanes of at least 4 members (excludes halogenated alkanes) is 1. The molecule has 0 radical (unpaired) electrons. The predicted octanol–water partition coefficient (Wildman–Crippen LogP) is 7.15. The third kappa shape index (κ3) is 3.57. The zero-order valence-corrected chi connectivity index (χ0v) is 14.1. The lowest BCUT2D eigenvalue weighted by Crippen LogP contribution is -2.07. The van der Waals surface area contributed by atoms with E-state index in [4.69, 9.17) is 0 Å².